The monoisotopic (exact) mass is 473 g/mol. The third-order valence-corrected chi connectivity index (χ3v) is 5.95. The summed E-state index contributed by atoms with van der Waals surface area (Å²) in [4.78, 5) is 62.6. The number of aliphatic hydroxyl groups is 1. The second-order valence-electron chi connectivity index (χ2n) is 8.47. The first-order chi connectivity index (χ1) is 16.2. The Hall–Kier alpha value is -3.60. The molecule has 1 fully saturated rings. The van der Waals surface area contributed by atoms with E-state index in [1.165, 1.54) is 11.7 Å². The molecule has 1 saturated heterocycles. The Kier molecular flexibility index (Phi) is 8.11. The Morgan fingerprint density at radius 3 is 2.68 bits per heavy atom. The molecule has 2 aliphatic heterocycles. The molecule has 2 aliphatic rings. The molecule has 11 heteroatoms. The van der Waals surface area contributed by atoms with E-state index in [1.807, 2.05) is 0 Å². The maximum Gasteiger partial charge on any atom is 0.409 e. The van der Waals surface area contributed by atoms with Crippen molar-refractivity contribution in [2.45, 2.75) is 38.3 Å². The van der Waals surface area contributed by atoms with Gasteiger partial charge in [0.25, 0.3) is 0 Å². The van der Waals surface area contributed by atoms with Crippen LogP contribution in [-0.4, -0.2) is 77.7 Å². The molecule has 34 heavy (non-hydrogen) atoms. The second-order valence-corrected chi connectivity index (χ2v) is 8.47. The number of methoxy groups -OCH3 is 1. The van der Waals surface area contributed by atoms with Crippen molar-refractivity contribution in [2.24, 2.45) is 11.8 Å². The predicted octanol–water partition coefficient (Wildman–Crippen LogP) is -0.776. The molecule has 0 saturated carbocycles. The predicted molar refractivity (Wildman–Crippen MR) is 120 cm³/mol. The maximum atomic E-state index is 13.2. The zero-order chi connectivity index (χ0) is 24.8. The molecule has 2 heterocycles. The van der Waals surface area contributed by atoms with Gasteiger partial charge in [0.15, 0.2) is 12.3 Å². The van der Waals surface area contributed by atoms with E-state index in [2.05, 4.69) is 16.0 Å². The molecule has 1 unspecified atom stereocenters. The molecule has 1 aromatic carbocycles. The smallest absolute Gasteiger partial charge is 0.409 e. The van der Waals surface area contributed by atoms with Gasteiger partial charge in [-0.1, -0.05) is 13.0 Å². The highest BCUT2D eigenvalue weighted by atomic mass is 16.5. The number of amides is 4. The van der Waals surface area contributed by atoms with Crippen LogP contribution in [0.25, 0.3) is 0 Å². The van der Waals surface area contributed by atoms with Crippen LogP contribution in [0.1, 0.15) is 26.2 Å². The van der Waals surface area contributed by atoms with Crippen molar-refractivity contribution in [1.82, 2.24) is 10.6 Å². The number of nitrogens with zero attached hydrogens (tertiary/aromatic N) is 1. The van der Waals surface area contributed by atoms with Crippen molar-refractivity contribution in [3.8, 4) is 5.75 Å². The summed E-state index contributed by atoms with van der Waals surface area (Å²) in [7, 11) is 1.47. The zero-order valence-electron chi connectivity index (χ0n) is 19.1. The fourth-order valence-corrected chi connectivity index (χ4v) is 4.20. The third kappa shape index (κ3) is 5.84. The van der Waals surface area contributed by atoms with Gasteiger partial charge in [-0.2, -0.15) is 4.58 Å². The first kappa shape index (κ1) is 25.0. The van der Waals surface area contributed by atoms with E-state index >= 15 is 0 Å². The molecule has 182 valence electrons. The number of carbonyl (C=O) groups is 5. The fraction of sp³-hybridized carbons (Fsp3) is 0.478. The van der Waals surface area contributed by atoms with Crippen molar-refractivity contribution in [2.75, 3.05) is 25.6 Å². The van der Waals surface area contributed by atoms with Gasteiger partial charge in [0, 0.05) is 36.6 Å². The number of nitrogens with one attached hydrogen (secondary N) is 3. The van der Waals surface area contributed by atoms with Gasteiger partial charge in [0.2, 0.25) is 17.7 Å². The number of benzene rings is 1. The fourth-order valence-electron chi connectivity index (χ4n) is 4.20. The quantitative estimate of drug-likeness (QED) is 0.285. The SMILES string of the molecule is COc1cccc(NC(=O)C(=O)N[C@H]2CC(C)C=[N+]([C@@H](C[C@@H]3CCNC3=O)C(=O)CO)C2=O)c1. The van der Waals surface area contributed by atoms with Crippen LogP contribution in [0, 0.1) is 11.8 Å². The van der Waals surface area contributed by atoms with Crippen LogP contribution in [0.5, 0.6) is 5.75 Å². The van der Waals surface area contributed by atoms with Crippen molar-refractivity contribution in [3.63, 3.8) is 0 Å². The van der Waals surface area contributed by atoms with E-state index in [0.29, 0.717) is 24.4 Å². The summed E-state index contributed by atoms with van der Waals surface area (Å²) in [5.41, 5.74) is 0.348. The standard InChI is InChI=1S/C23H28N4O7/c1-13-8-17(26-22(32)21(31)25-15-4-3-5-16(10-15)34-2)23(33)27(11-13)18(19(29)12-28)9-14-6-7-24-20(14)30/h3-5,10-11,13-14,17-18,28H,6-9,12H2,1-2H3,(H2-,24,25,26,30,31,32)/p+1/t13?,14-,17-,18-/m0/s1. The lowest BCUT2D eigenvalue weighted by Gasteiger charge is -2.25. The van der Waals surface area contributed by atoms with E-state index in [9.17, 15) is 29.1 Å². The van der Waals surface area contributed by atoms with Gasteiger partial charge < -0.3 is 25.8 Å². The van der Waals surface area contributed by atoms with Crippen molar-refractivity contribution < 1.29 is 38.4 Å². The van der Waals surface area contributed by atoms with E-state index in [0.717, 1.165) is 0 Å². The van der Waals surface area contributed by atoms with E-state index < -0.39 is 48.1 Å². The molecule has 4 amide bonds. The van der Waals surface area contributed by atoms with Gasteiger partial charge in [-0.15, -0.1) is 0 Å². The minimum atomic E-state index is -1.05. The average Bonchev–Trinajstić information content (AvgIpc) is 3.23. The summed E-state index contributed by atoms with van der Waals surface area (Å²) >= 11 is 0. The lowest BCUT2D eigenvalue weighted by Crippen LogP contribution is -2.56. The van der Waals surface area contributed by atoms with Crippen molar-refractivity contribution in [1.29, 1.82) is 0 Å². The molecule has 0 spiro atoms. The molecular formula is C23H29N4O7+. The average molecular weight is 474 g/mol. The van der Waals surface area contributed by atoms with Gasteiger partial charge >= 0.3 is 17.7 Å². The van der Waals surface area contributed by atoms with Crippen molar-refractivity contribution >= 4 is 41.3 Å². The van der Waals surface area contributed by atoms with Crippen LogP contribution >= 0.6 is 0 Å². The van der Waals surface area contributed by atoms with Crippen LogP contribution in [-0.2, 0) is 24.0 Å². The van der Waals surface area contributed by atoms with E-state index in [1.54, 1.807) is 37.4 Å². The summed E-state index contributed by atoms with van der Waals surface area (Å²) in [6.07, 6.45) is 2.40. The Balaban J connectivity index is 1.72. The van der Waals surface area contributed by atoms with E-state index in [-0.39, 0.29) is 24.7 Å². The first-order valence-corrected chi connectivity index (χ1v) is 11.1. The van der Waals surface area contributed by atoms with Gasteiger partial charge in [0.05, 0.1) is 7.11 Å². The van der Waals surface area contributed by atoms with Gasteiger partial charge in [-0.25, -0.2) is 4.79 Å². The highest BCUT2D eigenvalue weighted by Crippen LogP contribution is 2.22. The molecule has 0 aromatic heterocycles. The Morgan fingerprint density at radius 1 is 1.26 bits per heavy atom. The van der Waals surface area contributed by atoms with Crippen LogP contribution in [0.2, 0.25) is 0 Å². The molecule has 0 bridgehead atoms. The second kappa shape index (κ2) is 11.0. The summed E-state index contributed by atoms with van der Waals surface area (Å²) in [5.74, 6) is -3.51. The summed E-state index contributed by atoms with van der Waals surface area (Å²) in [6, 6.07) is 4.37. The number of hydrogen-bond donors (Lipinski definition) is 4. The van der Waals surface area contributed by atoms with Crippen molar-refractivity contribution in [3.05, 3.63) is 24.3 Å². The van der Waals surface area contributed by atoms with Gasteiger partial charge in [0.1, 0.15) is 12.4 Å². The number of Topliss-reactive ketones (excluding diaryl/α,β-unsaturated/α-hetero) is 1. The number of hydrogen-bond acceptors (Lipinski definition) is 7. The molecule has 0 radical (unpaired) electrons. The number of ketones is 1. The molecule has 1 aromatic rings. The van der Waals surface area contributed by atoms with Crippen LogP contribution in [0.15, 0.2) is 24.3 Å². The lowest BCUT2D eigenvalue weighted by molar-refractivity contribution is -0.479. The van der Waals surface area contributed by atoms with Crippen LogP contribution in [0.3, 0.4) is 0 Å². The zero-order valence-corrected chi connectivity index (χ0v) is 19.1. The summed E-state index contributed by atoms with van der Waals surface area (Å²) < 4.78 is 6.28. The highest BCUT2D eigenvalue weighted by molar-refractivity contribution is 6.40. The third-order valence-electron chi connectivity index (χ3n) is 5.95. The maximum absolute atomic E-state index is 13.2. The summed E-state index contributed by atoms with van der Waals surface area (Å²) in [5, 5.41) is 17.0. The van der Waals surface area contributed by atoms with Crippen LogP contribution in [0.4, 0.5) is 5.69 Å². The van der Waals surface area contributed by atoms with Crippen LogP contribution < -0.4 is 20.7 Å². The number of anilines is 1. The minimum Gasteiger partial charge on any atom is -0.497 e. The number of ether oxygens (including phenoxy) is 1. The summed E-state index contributed by atoms with van der Waals surface area (Å²) in [6.45, 7) is 1.50. The van der Waals surface area contributed by atoms with Gasteiger partial charge in [-0.05, 0) is 25.0 Å². The normalized spacial score (nSPS) is 22.9. The molecular weight excluding hydrogens is 444 g/mol. The highest BCUT2D eigenvalue weighted by Gasteiger charge is 2.45. The molecule has 4 N–H and O–H groups in total. The Bertz CT molecular complexity index is 1020. The Morgan fingerprint density at radius 2 is 2.03 bits per heavy atom. The largest absolute Gasteiger partial charge is 0.497 e. The number of carbonyl (C=O) groups excluding carboxylic acids is 5. The molecule has 3 rings (SSSR count). The molecule has 4 atom stereocenters. The van der Waals surface area contributed by atoms with E-state index in [4.69, 9.17) is 4.74 Å². The number of aliphatic hydroxyl groups excluding tert-OH is 1. The van der Waals surface area contributed by atoms with Gasteiger partial charge in [-0.3, -0.25) is 19.2 Å². The topological polar surface area (TPSA) is 154 Å². The molecule has 11 nitrogen and oxygen atoms in total. The first-order valence-electron chi connectivity index (χ1n) is 11.1. The minimum absolute atomic E-state index is 0.0666. The lowest BCUT2D eigenvalue weighted by atomic mass is 9.92. The Labute approximate surface area is 196 Å². The number of rotatable bonds is 8. The molecule has 0 aliphatic carbocycles.